The zero-order chi connectivity index (χ0) is 11.3. The Morgan fingerprint density at radius 1 is 1.60 bits per heavy atom. The van der Waals surface area contributed by atoms with Crippen LogP contribution in [0.4, 0.5) is 0 Å². The van der Waals surface area contributed by atoms with Gasteiger partial charge in [-0.15, -0.1) is 11.3 Å². The first kappa shape index (κ1) is 12.1. The van der Waals surface area contributed by atoms with E-state index in [2.05, 4.69) is 10.3 Å². The van der Waals surface area contributed by atoms with Gasteiger partial charge in [0.25, 0.3) is 0 Å². The smallest absolute Gasteiger partial charge is 0.350 e. The highest BCUT2D eigenvalue weighted by Crippen LogP contribution is 2.19. The third-order valence-corrected chi connectivity index (χ3v) is 3.09. The molecule has 0 radical (unpaired) electrons. The molecule has 0 aliphatic carbocycles. The number of aryl methyl sites for hydroxylation is 1. The number of ether oxygens (including phenoxy) is 1. The molecule has 0 amide bonds. The zero-order valence-electron chi connectivity index (χ0n) is 9.29. The molecule has 0 unspecified atom stereocenters. The van der Waals surface area contributed by atoms with Gasteiger partial charge in [-0.25, -0.2) is 9.78 Å². The van der Waals surface area contributed by atoms with E-state index in [1.807, 2.05) is 14.0 Å². The molecule has 1 aromatic rings. The molecule has 15 heavy (non-hydrogen) atoms. The summed E-state index contributed by atoms with van der Waals surface area (Å²) in [5.74, 6) is -0.261. The number of carbonyl (C=O) groups is 1. The largest absolute Gasteiger partial charge is 0.462 e. The van der Waals surface area contributed by atoms with E-state index >= 15 is 0 Å². The summed E-state index contributed by atoms with van der Waals surface area (Å²) in [7, 11) is 1.90. The van der Waals surface area contributed by atoms with Crippen LogP contribution in [-0.4, -0.2) is 31.2 Å². The third-order valence-electron chi connectivity index (χ3n) is 1.89. The molecular formula is C10H16N2O2S. The highest BCUT2D eigenvalue weighted by molar-refractivity contribution is 7.13. The summed E-state index contributed by atoms with van der Waals surface area (Å²) in [6, 6.07) is 0. The van der Waals surface area contributed by atoms with Crippen LogP contribution >= 0.6 is 11.3 Å². The molecule has 5 heteroatoms. The fraction of sp³-hybridized carbons (Fsp3) is 0.600. The first-order valence-corrected chi connectivity index (χ1v) is 5.78. The number of hydrogen-bond acceptors (Lipinski definition) is 5. The molecule has 0 aliphatic rings. The second kappa shape index (κ2) is 5.82. The van der Waals surface area contributed by atoms with Gasteiger partial charge in [0.1, 0.15) is 4.88 Å². The highest BCUT2D eigenvalue weighted by atomic mass is 32.1. The molecule has 1 N–H and O–H groups in total. The molecule has 4 nitrogen and oxygen atoms in total. The average molecular weight is 228 g/mol. The van der Waals surface area contributed by atoms with Crippen molar-refractivity contribution in [3.63, 3.8) is 0 Å². The highest BCUT2D eigenvalue weighted by Gasteiger charge is 2.15. The summed E-state index contributed by atoms with van der Waals surface area (Å²) in [6.07, 6.45) is 0.849. The van der Waals surface area contributed by atoms with Crippen molar-refractivity contribution in [2.75, 3.05) is 20.2 Å². The number of carbonyl (C=O) groups excluding carboxylic acids is 1. The Morgan fingerprint density at radius 3 is 2.93 bits per heavy atom. The van der Waals surface area contributed by atoms with Crippen LogP contribution in [0.15, 0.2) is 0 Å². The van der Waals surface area contributed by atoms with Crippen LogP contribution in [0.1, 0.15) is 27.3 Å². The molecular weight excluding hydrogens is 212 g/mol. The van der Waals surface area contributed by atoms with Gasteiger partial charge >= 0.3 is 5.97 Å². The van der Waals surface area contributed by atoms with Crippen molar-refractivity contribution >= 4 is 17.3 Å². The van der Waals surface area contributed by atoms with Crippen LogP contribution in [-0.2, 0) is 11.2 Å². The lowest BCUT2D eigenvalue weighted by Gasteiger charge is -1.97. The fourth-order valence-corrected chi connectivity index (χ4v) is 2.14. The van der Waals surface area contributed by atoms with E-state index in [0.717, 1.165) is 23.7 Å². The average Bonchev–Trinajstić information content (AvgIpc) is 2.57. The van der Waals surface area contributed by atoms with Crippen LogP contribution < -0.4 is 5.32 Å². The summed E-state index contributed by atoms with van der Waals surface area (Å²) in [4.78, 5) is 16.4. The molecule has 1 heterocycles. The SMILES string of the molecule is CCOC(=O)c1sc(CCNC)nc1C. The van der Waals surface area contributed by atoms with Gasteiger partial charge < -0.3 is 10.1 Å². The number of esters is 1. The van der Waals surface area contributed by atoms with E-state index in [4.69, 9.17) is 4.74 Å². The van der Waals surface area contributed by atoms with E-state index in [-0.39, 0.29) is 5.97 Å². The number of rotatable bonds is 5. The topological polar surface area (TPSA) is 51.2 Å². The summed E-state index contributed by atoms with van der Waals surface area (Å²) in [6.45, 7) is 4.92. The lowest BCUT2D eigenvalue weighted by Crippen LogP contribution is -2.09. The number of thiazole rings is 1. The molecule has 0 fully saturated rings. The van der Waals surface area contributed by atoms with Crippen LogP contribution in [0, 0.1) is 6.92 Å². The minimum Gasteiger partial charge on any atom is -0.462 e. The molecule has 0 spiro atoms. The fourth-order valence-electron chi connectivity index (χ4n) is 1.18. The maximum absolute atomic E-state index is 11.5. The van der Waals surface area contributed by atoms with Crippen molar-refractivity contribution in [1.29, 1.82) is 0 Å². The number of likely N-dealkylation sites (N-methyl/N-ethyl adjacent to an activating group) is 1. The summed E-state index contributed by atoms with van der Waals surface area (Å²) in [5.41, 5.74) is 0.768. The van der Waals surface area contributed by atoms with Gasteiger partial charge in [0.15, 0.2) is 0 Å². The molecule has 0 aromatic carbocycles. The monoisotopic (exact) mass is 228 g/mol. The van der Waals surface area contributed by atoms with E-state index in [9.17, 15) is 4.79 Å². The minimum absolute atomic E-state index is 0.261. The Morgan fingerprint density at radius 2 is 2.33 bits per heavy atom. The summed E-state index contributed by atoms with van der Waals surface area (Å²) >= 11 is 1.42. The molecule has 0 saturated heterocycles. The summed E-state index contributed by atoms with van der Waals surface area (Å²) in [5, 5.41) is 4.03. The van der Waals surface area contributed by atoms with Gasteiger partial charge in [0.2, 0.25) is 0 Å². The maximum Gasteiger partial charge on any atom is 0.350 e. The van der Waals surface area contributed by atoms with Gasteiger partial charge in [-0.1, -0.05) is 0 Å². The zero-order valence-corrected chi connectivity index (χ0v) is 10.1. The quantitative estimate of drug-likeness (QED) is 0.774. The van der Waals surface area contributed by atoms with Crippen molar-refractivity contribution in [3.05, 3.63) is 15.6 Å². The third kappa shape index (κ3) is 3.28. The first-order valence-electron chi connectivity index (χ1n) is 4.97. The minimum atomic E-state index is -0.261. The van der Waals surface area contributed by atoms with Crippen molar-refractivity contribution in [2.45, 2.75) is 20.3 Å². The van der Waals surface area contributed by atoms with Crippen LogP contribution in [0.3, 0.4) is 0 Å². The molecule has 1 rings (SSSR count). The van der Waals surface area contributed by atoms with Gasteiger partial charge in [-0.05, 0) is 20.9 Å². The van der Waals surface area contributed by atoms with E-state index in [1.165, 1.54) is 11.3 Å². The summed E-state index contributed by atoms with van der Waals surface area (Å²) < 4.78 is 4.94. The van der Waals surface area contributed by atoms with Gasteiger partial charge in [-0.3, -0.25) is 0 Å². The van der Waals surface area contributed by atoms with Crippen molar-refractivity contribution in [1.82, 2.24) is 10.3 Å². The number of aromatic nitrogens is 1. The molecule has 0 saturated carbocycles. The predicted octanol–water partition coefficient (Wildman–Crippen LogP) is 1.39. The van der Waals surface area contributed by atoms with Crippen LogP contribution in [0.5, 0.6) is 0 Å². The maximum atomic E-state index is 11.5. The Bertz CT molecular complexity index is 336. The number of hydrogen-bond donors (Lipinski definition) is 1. The second-order valence-corrected chi connectivity index (χ2v) is 4.18. The van der Waals surface area contributed by atoms with Crippen LogP contribution in [0.2, 0.25) is 0 Å². The lowest BCUT2D eigenvalue weighted by molar-refractivity contribution is 0.0531. The van der Waals surface area contributed by atoms with E-state index in [0.29, 0.717) is 11.5 Å². The van der Waals surface area contributed by atoms with Gasteiger partial charge in [-0.2, -0.15) is 0 Å². The number of nitrogens with zero attached hydrogens (tertiary/aromatic N) is 1. The van der Waals surface area contributed by atoms with E-state index < -0.39 is 0 Å². The molecule has 0 aliphatic heterocycles. The number of nitrogens with one attached hydrogen (secondary N) is 1. The predicted molar refractivity (Wildman–Crippen MR) is 60.4 cm³/mol. The lowest BCUT2D eigenvalue weighted by atomic mass is 10.4. The van der Waals surface area contributed by atoms with Gasteiger partial charge in [0.05, 0.1) is 17.3 Å². The Hall–Kier alpha value is -0.940. The Balaban J connectivity index is 2.72. The molecule has 0 atom stereocenters. The standard InChI is InChI=1S/C10H16N2O2S/c1-4-14-10(13)9-7(2)12-8(15-9)5-6-11-3/h11H,4-6H2,1-3H3. The van der Waals surface area contributed by atoms with Crippen LogP contribution in [0.25, 0.3) is 0 Å². The van der Waals surface area contributed by atoms with Gasteiger partial charge in [0, 0.05) is 13.0 Å². The van der Waals surface area contributed by atoms with Crippen molar-refractivity contribution < 1.29 is 9.53 Å². The normalized spacial score (nSPS) is 10.3. The van der Waals surface area contributed by atoms with Crippen molar-refractivity contribution in [2.24, 2.45) is 0 Å². The van der Waals surface area contributed by atoms with E-state index in [1.54, 1.807) is 6.92 Å². The Labute approximate surface area is 93.7 Å². The first-order chi connectivity index (χ1) is 7.19. The Kier molecular flexibility index (Phi) is 4.71. The molecule has 84 valence electrons. The second-order valence-electron chi connectivity index (χ2n) is 3.10. The molecule has 0 bridgehead atoms. The molecule has 1 aromatic heterocycles. The van der Waals surface area contributed by atoms with Crippen molar-refractivity contribution in [3.8, 4) is 0 Å².